The van der Waals surface area contributed by atoms with E-state index in [1.165, 1.54) is 12.1 Å². The van der Waals surface area contributed by atoms with E-state index in [1.807, 2.05) is 44.2 Å². The van der Waals surface area contributed by atoms with Gasteiger partial charge in [-0.25, -0.2) is 0 Å². The molecule has 0 spiro atoms. The van der Waals surface area contributed by atoms with Crippen molar-refractivity contribution in [2.45, 2.75) is 20.0 Å². The highest BCUT2D eigenvalue weighted by molar-refractivity contribution is 5.77. The molecule has 4 aromatic rings. The minimum absolute atomic E-state index is 0.312. The monoisotopic (exact) mass is 435 g/mol. The number of rotatable bonds is 5. The van der Waals surface area contributed by atoms with Gasteiger partial charge in [0.25, 0.3) is 0 Å². The van der Waals surface area contributed by atoms with Crippen LogP contribution in [0.3, 0.4) is 0 Å². The Bertz CT molecular complexity index is 1220. The molecule has 0 amide bonds. The number of pyridine rings is 1. The smallest absolute Gasteiger partial charge is 0.416 e. The SMILES string of the molecule is Cc1ccc(Oc2ccncc2)c(-c2cc(C)ccc2Oc2ccc(C(F)(F)F)cc2)c1. The van der Waals surface area contributed by atoms with Crippen LogP contribution < -0.4 is 9.47 Å². The number of ether oxygens (including phenoxy) is 2. The molecule has 0 aliphatic rings. The fourth-order valence-electron chi connectivity index (χ4n) is 3.26. The Morgan fingerprint density at radius 3 is 1.56 bits per heavy atom. The fourth-order valence-corrected chi connectivity index (χ4v) is 3.26. The first-order valence-electron chi connectivity index (χ1n) is 9.94. The minimum atomic E-state index is -4.39. The second kappa shape index (κ2) is 8.75. The lowest BCUT2D eigenvalue weighted by Gasteiger charge is -2.17. The molecule has 6 heteroatoms. The Morgan fingerprint density at radius 1 is 0.625 bits per heavy atom. The van der Waals surface area contributed by atoms with Crippen molar-refractivity contribution >= 4 is 0 Å². The van der Waals surface area contributed by atoms with Crippen molar-refractivity contribution in [3.8, 4) is 34.1 Å². The highest BCUT2D eigenvalue weighted by Gasteiger charge is 2.30. The number of hydrogen-bond acceptors (Lipinski definition) is 3. The van der Waals surface area contributed by atoms with Crippen molar-refractivity contribution in [1.29, 1.82) is 0 Å². The van der Waals surface area contributed by atoms with Crippen LogP contribution in [0.25, 0.3) is 11.1 Å². The number of benzene rings is 3. The van der Waals surface area contributed by atoms with Gasteiger partial charge < -0.3 is 9.47 Å². The predicted molar refractivity (Wildman–Crippen MR) is 117 cm³/mol. The van der Waals surface area contributed by atoms with E-state index >= 15 is 0 Å². The summed E-state index contributed by atoms with van der Waals surface area (Å²) >= 11 is 0. The van der Waals surface area contributed by atoms with Gasteiger partial charge in [-0.1, -0.05) is 23.3 Å². The summed E-state index contributed by atoms with van der Waals surface area (Å²) in [6, 6.07) is 19.7. The van der Waals surface area contributed by atoms with Crippen LogP contribution in [0.4, 0.5) is 13.2 Å². The van der Waals surface area contributed by atoms with Crippen LogP contribution in [0.5, 0.6) is 23.0 Å². The first-order valence-corrected chi connectivity index (χ1v) is 9.94. The topological polar surface area (TPSA) is 31.4 Å². The summed E-state index contributed by atoms with van der Waals surface area (Å²) < 4.78 is 50.7. The van der Waals surface area contributed by atoms with Crippen molar-refractivity contribution in [1.82, 2.24) is 4.98 Å². The average Bonchev–Trinajstić information content (AvgIpc) is 2.77. The van der Waals surface area contributed by atoms with Crippen molar-refractivity contribution in [2.75, 3.05) is 0 Å². The molecular weight excluding hydrogens is 415 g/mol. The van der Waals surface area contributed by atoms with Gasteiger partial charge in [0.1, 0.15) is 23.0 Å². The van der Waals surface area contributed by atoms with Crippen LogP contribution in [-0.4, -0.2) is 4.98 Å². The molecule has 0 saturated heterocycles. The summed E-state index contributed by atoms with van der Waals surface area (Å²) in [6.45, 7) is 3.94. The van der Waals surface area contributed by atoms with Gasteiger partial charge in [-0.05, 0) is 74.5 Å². The molecule has 0 aliphatic heterocycles. The lowest BCUT2D eigenvalue weighted by Crippen LogP contribution is -2.04. The van der Waals surface area contributed by atoms with Gasteiger partial charge in [0.2, 0.25) is 0 Å². The number of aromatic nitrogens is 1. The maximum atomic E-state index is 12.9. The molecule has 0 fully saturated rings. The van der Waals surface area contributed by atoms with Gasteiger partial charge in [0.05, 0.1) is 5.56 Å². The summed E-state index contributed by atoms with van der Waals surface area (Å²) in [7, 11) is 0. The lowest BCUT2D eigenvalue weighted by molar-refractivity contribution is -0.137. The fraction of sp³-hybridized carbons (Fsp3) is 0.115. The predicted octanol–water partition coefficient (Wildman–Crippen LogP) is 7.97. The van der Waals surface area contributed by atoms with Crippen molar-refractivity contribution in [2.24, 2.45) is 0 Å². The van der Waals surface area contributed by atoms with E-state index in [2.05, 4.69) is 4.98 Å². The first-order chi connectivity index (χ1) is 15.3. The molecule has 3 aromatic carbocycles. The summed E-state index contributed by atoms with van der Waals surface area (Å²) in [4.78, 5) is 4.01. The zero-order valence-corrected chi connectivity index (χ0v) is 17.5. The van der Waals surface area contributed by atoms with E-state index in [0.717, 1.165) is 34.4 Å². The Labute approximate surface area is 184 Å². The van der Waals surface area contributed by atoms with Crippen LogP contribution >= 0.6 is 0 Å². The Morgan fingerprint density at radius 2 is 1.09 bits per heavy atom. The van der Waals surface area contributed by atoms with E-state index in [9.17, 15) is 13.2 Å². The largest absolute Gasteiger partial charge is 0.457 e. The summed E-state index contributed by atoms with van der Waals surface area (Å²) in [5.41, 5.74) is 2.91. The summed E-state index contributed by atoms with van der Waals surface area (Å²) in [6.07, 6.45) is -1.10. The average molecular weight is 435 g/mol. The number of halogens is 3. The van der Waals surface area contributed by atoms with Crippen LogP contribution in [-0.2, 0) is 6.18 Å². The maximum absolute atomic E-state index is 12.9. The molecule has 0 atom stereocenters. The van der Waals surface area contributed by atoms with E-state index in [-0.39, 0.29) is 0 Å². The molecule has 4 rings (SSSR count). The third-order valence-corrected chi connectivity index (χ3v) is 4.85. The summed E-state index contributed by atoms with van der Waals surface area (Å²) in [5.74, 6) is 2.10. The third-order valence-electron chi connectivity index (χ3n) is 4.85. The van der Waals surface area contributed by atoms with E-state index < -0.39 is 11.7 Å². The molecule has 1 aromatic heterocycles. The highest BCUT2D eigenvalue weighted by atomic mass is 19.4. The molecule has 32 heavy (non-hydrogen) atoms. The van der Waals surface area contributed by atoms with Crippen LogP contribution in [0.1, 0.15) is 16.7 Å². The van der Waals surface area contributed by atoms with Gasteiger partial charge in [0.15, 0.2) is 0 Å². The quantitative estimate of drug-likeness (QED) is 0.319. The van der Waals surface area contributed by atoms with Crippen LogP contribution in [0.15, 0.2) is 85.2 Å². The Kier molecular flexibility index (Phi) is 5.86. The molecule has 162 valence electrons. The molecule has 0 radical (unpaired) electrons. The lowest BCUT2D eigenvalue weighted by atomic mass is 9.99. The van der Waals surface area contributed by atoms with Crippen molar-refractivity contribution in [3.63, 3.8) is 0 Å². The minimum Gasteiger partial charge on any atom is -0.457 e. The first kappa shape index (κ1) is 21.4. The Hall–Kier alpha value is -3.80. The molecule has 0 bridgehead atoms. The number of alkyl halides is 3. The van der Waals surface area contributed by atoms with Gasteiger partial charge in [-0.2, -0.15) is 13.2 Å². The van der Waals surface area contributed by atoms with Gasteiger partial charge in [0, 0.05) is 23.5 Å². The third kappa shape index (κ3) is 4.91. The molecule has 1 heterocycles. The molecule has 0 saturated carbocycles. The van der Waals surface area contributed by atoms with Crippen LogP contribution in [0, 0.1) is 13.8 Å². The van der Waals surface area contributed by atoms with E-state index in [1.54, 1.807) is 30.6 Å². The Balaban J connectivity index is 1.73. The zero-order chi connectivity index (χ0) is 22.7. The second-order valence-electron chi connectivity index (χ2n) is 7.41. The summed E-state index contributed by atoms with van der Waals surface area (Å²) in [5, 5.41) is 0. The van der Waals surface area contributed by atoms with Crippen LogP contribution in [0.2, 0.25) is 0 Å². The van der Waals surface area contributed by atoms with Gasteiger partial charge in [-0.3, -0.25) is 4.98 Å². The van der Waals surface area contributed by atoms with Gasteiger partial charge in [-0.15, -0.1) is 0 Å². The number of aryl methyl sites for hydroxylation is 2. The zero-order valence-electron chi connectivity index (χ0n) is 17.5. The molecule has 0 unspecified atom stereocenters. The maximum Gasteiger partial charge on any atom is 0.416 e. The highest BCUT2D eigenvalue weighted by Crippen LogP contribution is 2.41. The molecule has 0 N–H and O–H groups in total. The van der Waals surface area contributed by atoms with E-state index in [4.69, 9.17) is 9.47 Å². The normalized spacial score (nSPS) is 11.3. The second-order valence-corrected chi connectivity index (χ2v) is 7.41. The van der Waals surface area contributed by atoms with E-state index in [0.29, 0.717) is 23.0 Å². The number of nitrogens with zero attached hydrogens (tertiary/aromatic N) is 1. The molecule has 3 nitrogen and oxygen atoms in total. The molecule has 0 aliphatic carbocycles. The van der Waals surface area contributed by atoms with Crippen molar-refractivity contribution < 1.29 is 22.6 Å². The standard InChI is InChI=1S/C26H20F3NO2/c1-17-3-9-24(31-20-7-5-19(6-8-20)26(27,28)29)22(15-17)23-16-18(2)4-10-25(23)32-21-11-13-30-14-12-21/h3-16H,1-2H3. The molecular formula is C26H20F3NO2. The van der Waals surface area contributed by atoms with Gasteiger partial charge >= 0.3 is 6.18 Å². The van der Waals surface area contributed by atoms with Crippen molar-refractivity contribution in [3.05, 3.63) is 102 Å². The number of hydrogen-bond donors (Lipinski definition) is 0.